The van der Waals surface area contributed by atoms with E-state index in [-0.39, 0.29) is 11.1 Å². The van der Waals surface area contributed by atoms with E-state index in [1.54, 1.807) is 24.3 Å². The Morgan fingerprint density at radius 2 is 1.24 bits per heavy atom. The summed E-state index contributed by atoms with van der Waals surface area (Å²) in [7, 11) is 0. The fraction of sp³-hybridized carbons (Fsp3) is 0.103. The summed E-state index contributed by atoms with van der Waals surface area (Å²) in [6.07, 6.45) is 1.63. The third-order valence-electron chi connectivity index (χ3n) is 5.17. The van der Waals surface area contributed by atoms with Crippen LogP contribution in [0.15, 0.2) is 60.7 Å². The second kappa shape index (κ2) is 9.81. The number of aryl methyl sites for hydroxylation is 1. The van der Waals surface area contributed by atoms with Gasteiger partial charge in [0.1, 0.15) is 17.5 Å². The average Bonchev–Trinajstić information content (AvgIpc) is 2.79. The maximum atomic E-state index is 14.5. The van der Waals surface area contributed by atoms with Crippen molar-refractivity contribution in [2.45, 2.75) is 19.8 Å². The Kier molecular flexibility index (Phi) is 6.66. The van der Waals surface area contributed by atoms with E-state index >= 15 is 0 Å². The highest BCUT2D eigenvalue weighted by molar-refractivity contribution is 5.84. The Balaban J connectivity index is 1.60. The van der Waals surface area contributed by atoms with Gasteiger partial charge in [0.05, 0.1) is 11.1 Å². The van der Waals surface area contributed by atoms with Gasteiger partial charge in [0.25, 0.3) is 0 Å². The standard InChI is InChI=1S/C29H17F5/c1-2-3-18-4-8-21(25(30)13-18)9-6-20-14-26(31)24(27(32)15-20)11-7-19-5-10-22-16-28(33)29(34)17-23(22)12-19/h4-5,8,10,12-17H,2-3H2,1H3. The maximum Gasteiger partial charge on any atom is 0.159 e. The van der Waals surface area contributed by atoms with Crippen molar-refractivity contribution in [3.05, 3.63) is 118 Å². The molecule has 4 aromatic rings. The van der Waals surface area contributed by atoms with Crippen LogP contribution in [0.4, 0.5) is 22.0 Å². The first-order valence-corrected chi connectivity index (χ1v) is 10.5. The number of hydrogen-bond acceptors (Lipinski definition) is 0. The van der Waals surface area contributed by atoms with Crippen molar-refractivity contribution in [3.8, 4) is 23.7 Å². The zero-order valence-electron chi connectivity index (χ0n) is 18.1. The summed E-state index contributed by atoms with van der Waals surface area (Å²) in [5, 5.41) is 0.883. The highest BCUT2D eigenvalue weighted by atomic mass is 19.2. The molecule has 0 radical (unpaired) electrons. The highest BCUT2D eigenvalue weighted by Crippen LogP contribution is 2.20. The highest BCUT2D eigenvalue weighted by Gasteiger charge is 2.09. The van der Waals surface area contributed by atoms with Crippen LogP contribution in [0.5, 0.6) is 0 Å². The first-order chi connectivity index (χ1) is 16.3. The van der Waals surface area contributed by atoms with Crippen LogP contribution < -0.4 is 0 Å². The Bertz CT molecular complexity index is 1500. The molecule has 0 aliphatic heterocycles. The predicted octanol–water partition coefficient (Wildman–Crippen LogP) is 7.29. The van der Waals surface area contributed by atoms with Gasteiger partial charge in [0.2, 0.25) is 0 Å². The molecule has 0 nitrogen and oxygen atoms in total. The molecule has 0 bridgehead atoms. The van der Waals surface area contributed by atoms with E-state index in [0.29, 0.717) is 16.3 Å². The Hall–Kier alpha value is -4.09. The van der Waals surface area contributed by atoms with E-state index < -0.39 is 34.6 Å². The summed E-state index contributed by atoms with van der Waals surface area (Å²) in [4.78, 5) is 0. The van der Waals surface area contributed by atoms with Crippen LogP contribution >= 0.6 is 0 Å². The van der Waals surface area contributed by atoms with Gasteiger partial charge in [0, 0.05) is 11.1 Å². The maximum absolute atomic E-state index is 14.5. The monoisotopic (exact) mass is 460 g/mol. The Morgan fingerprint density at radius 1 is 0.559 bits per heavy atom. The summed E-state index contributed by atoms with van der Waals surface area (Å²) < 4.78 is 70.1. The molecule has 0 saturated heterocycles. The second-order valence-corrected chi connectivity index (χ2v) is 7.71. The summed E-state index contributed by atoms with van der Waals surface area (Å²) in [6.45, 7) is 1.99. The normalized spacial score (nSPS) is 10.4. The Morgan fingerprint density at radius 3 is 1.91 bits per heavy atom. The molecular formula is C29H17F5. The van der Waals surface area contributed by atoms with E-state index in [2.05, 4.69) is 23.7 Å². The van der Waals surface area contributed by atoms with Crippen LogP contribution in [0, 0.1) is 52.8 Å². The fourth-order valence-electron chi connectivity index (χ4n) is 3.46. The smallest absolute Gasteiger partial charge is 0.159 e. The lowest BCUT2D eigenvalue weighted by molar-refractivity contribution is 0.511. The van der Waals surface area contributed by atoms with Crippen molar-refractivity contribution in [1.29, 1.82) is 0 Å². The molecule has 168 valence electrons. The van der Waals surface area contributed by atoms with Crippen molar-refractivity contribution in [2.24, 2.45) is 0 Å². The summed E-state index contributed by atoms with van der Waals surface area (Å²) >= 11 is 0. The molecule has 4 rings (SSSR count). The molecule has 0 saturated carbocycles. The molecule has 0 aliphatic carbocycles. The Labute approximate surface area is 194 Å². The SMILES string of the molecule is CCCc1ccc(C#Cc2cc(F)c(C#Cc3ccc4cc(F)c(F)cc4c3)c(F)c2)c(F)c1. The number of fused-ring (bicyclic) bond motifs is 1. The summed E-state index contributed by atoms with van der Waals surface area (Å²) in [5.74, 6) is 5.99. The molecule has 0 fully saturated rings. The minimum absolute atomic E-state index is 0.0424. The molecule has 0 spiro atoms. The number of benzene rings is 4. The van der Waals surface area contributed by atoms with Gasteiger partial charge in [-0.05, 0) is 71.3 Å². The van der Waals surface area contributed by atoms with Gasteiger partial charge < -0.3 is 0 Å². The molecule has 4 aromatic carbocycles. The first kappa shape index (κ1) is 23.1. The van der Waals surface area contributed by atoms with Gasteiger partial charge in [-0.2, -0.15) is 0 Å². The molecule has 0 unspecified atom stereocenters. The quantitative estimate of drug-likeness (QED) is 0.218. The van der Waals surface area contributed by atoms with Gasteiger partial charge >= 0.3 is 0 Å². The zero-order chi connectivity index (χ0) is 24.2. The lowest BCUT2D eigenvalue weighted by atomic mass is 10.1. The van der Waals surface area contributed by atoms with Crippen LogP contribution in [0.1, 0.15) is 41.2 Å². The van der Waals surface area contributed by atoms with Gasteiger partial charge in [-0.15, -0.1) is 0 Å². The van der Waals surface area contributed by atoms with E-state index in [4.69, 9.17) is 0 Å². The summed E-state index contributed by atoms with van der Waals surface area (Å²) in [5.41, 5.74) is 0.960. The fourth-order valence-corrected chi connectivity index (χ4v) is 3.46. The average molecular weight is 460 g/mol. The van der Waals surface area contributed by atoms with E-state index in [1.807, 2.05) is 6.92 Å². The van der Waals surface area contributed by atoms with E-state index in [1.165, 1.54) is 12.1 Å². The lowest BCUT2D eigenvalue weighted by Gasteiger charge is -2.01. The van der Waals surface area contributed by atoms with Crippen molar-refractivity contribution < 1.29 is 22.0 Å². The molecule has 0 heterocycles. The van der Waals surface area contributed by atoms with Crippen LogP contribution in [0.3, 0.4) is 0 Å². The number of halogens is 5. The second-order valence-electron chi connectivity index (χ2n) is 7.71. The molecular weight excluding hydrogens is 443 g/mol. The first-order valence-electron chi connectivity index (χ1n) is 10.5. The predicted molar refractivity (Wildman–Crippen MR) is 123 cm³/mol. The minimum atomic E-state index is -0.997. The molecule has 0 amide bonds. The van der Waals surface area contributed by atoms with Crippen molar-refractivity contribution >= 4 is 10.8 Å². The molecule has 34 heavy (non-hydrogen) atoms. The largest absolute Gasteiger partial charge is 0.206 e. The van der Waals surface area contributed by atoms with E-state index in [9.17, 15) is 22.0 Å². The van der Waals surface area contributed by atoms with Crippen LogP contribution in [-0.4, -0.2) is 0 Å². The minimum Gasteiger partial charge on any atom is -0.206 e. The molecule has 0 atom stereocenters. The van der Waals surface area contributed by atoms with Gasteiger partial charge in [0.15, 0.2) is 11.6 Å². The molecule has 5 heteroatoms. The third-order valence-corrected chi connectivity index (χ3v) is 5.17. The third kappa shape index (κ3) is 5.11. The van der Waals surface area contributed by atoms with Crippen molar-refractivity contribution in [3.63, 3.8) is 0 Å². The van der Waals surface area contributed by atoms with Gasteiger partial charge in [-0.1, -0.05) is 49.2 Å². The van der Waals surface area contributed by atoms with Crippen LogP contribution in [0.2, 0.25) is 0 Å². The number of rotatable bonds is 2. The van der Waals surface area contributed by atoms with E-state index in [0.717, 1.165) is 42.7 Å². The molecule has 0 aliphatic rings. The van der Waals surface area contributed by atoms with Crippen LogP contribution in [-0.2, 0) is 6.42 Å². The van der Waals surface area contributed by atoms with Crippen LogP contribution in [0.25, 0.3) is 10.8 Å². The topological polar surface area (TPSA) is 0 Å². The lowest BCUT2D eigenvalue weighted by Crippen LogP contribution is -1.93. The van der Waals surface area contributed by atoms with Gasteiger partial charge in [-0.25, -0.2) is 22.0 Å². The number of hydrogen-bond donors (Lipinski definition) is 0. The summed E-state index contributed by atoms with van der Waals surface area (Å²) in [6, 6.07) is 13.5. The van der Waals surface area contributed by atoms with Gasteiger partial charge in [-0.3, -0.25) is 0 Å². The van der Waals surface area contributed by atoms with Crippen molar-refractivity contribution in [1.82, 2.24) is 0 Å². The zero-order valence-corrected chi connectivity index (χ0v) is 18.1. The molecule has 0 aromatic heterocycles. The van der Waals surface area contributed by atoms with Crippen molar-refractivity contribution in [2.75, 3.05) is 0 Å². The molecule has 0 N–H and O–H groups in total.